The van der Waals surface area contributed by atoms with Crippen molar-refractivity contribution in [2.45, 2.75) is 12.8 Å². The Bertz CT molecular complexity index is 979. The van der Waals surface area contributed by atoms with Gasteiger partial charge in [0.1, 0.15) is 10.7 Å². The van der Waals surface area contributed by atoms with Crippen LogP contribution < -0.4 is 0 Å². The Morgan fingerprint density at radius 2 is 1.81 bits per heavy atom. The summed E-state index contributed by atoms with van der Waals surface area (Å²) in [6, 6.07) is 10.1. The number of thiazole rings is 1. The Labute approximate surface area is 160 Å². The van der Waals surface area contributed by atoms with E-state index in [1.165, 1.54) is 11.3 Å². The average molecular weight is 380 g/mol. The van der Waals surface area contributed by atoms with Crippen LogP contribution >= 0.6 is 11.3 Å². The fourth-order valence-corrected chi connectivity index (χ4v) is 4.33. The quantitative estimate of drug-likeness (QED) is 0.759. The number of hydrogen-bond acceptors (Lipinski definition) is 4. The molecule has 2 aliphatic rings. The number of aromatic amines is 1. The summed E-state index contributed by atoms with van der Waals surface area (Å²) in [5.74, 6) is 0.452. The molecule has 138 valence electrons. The van der Waals surface area contributed by atoms with Gasteiger partial charge in [0.25, 0.3) is 5.91 Å². The highest BCUT2D eigenvalue weighted by Crippen LogP contribution is 2.31. The molecule has 0 bridgehead atoms. The lowest BCUT2D eigenvalue weighted by atomic mass is 10.2. The smallest absolute Gasteiger partial charge is 0.273 e. The van der Waals surface area contributed by atoms with Crippen molar-refractivity contribution in [1.29, 1.82) is 0 Å². The van der Waals surface area contributed by atoms with Gasteiger partial charge >= 0.3 is 0 Å². The lowest BCUT2D eigenvalue weighted by Gasteiger charge is -2.34. The fourth-order valence-electron chi connectivity index (χ4n) is 3.56. The molecule has 3 heterocycles. The molecule has 0 radical (unpaired) electrons. The van der Waals surface area contributed by atoms with E-state index < -0.39 is 0 Å². The van der Waals surface area contributed by atoms with Crippen LogP contribution in [0.25, 0.3) is 21.6 Å². The Morgan fingerprint density at radius 3 is 2.56 bits per heavy atom. The van der Waals surface area contributed by atoms with Crippen molar-refractivity contribution in [1.82, 2.24) is 19.8 Å². The van der Waals surface area contributed by atoms with Crippen LogP contribution in [0.4, 0.5) is 0 Å². The van der Waals surface area contributed by atoms with Gasteiger partial charge in [-0.05, 0) is 25.0 Å². The Morgan fingerprint density at radius 1 is 1.07 bits per heavy atom. The highest BCUT2D eigenvalue weighted by Gasteiger charge is 2.35. The van der Waals surface area contributed by atoms with Gasteiger partial charge < -0.3 is 14.8 Å². The topological polar surface area (TPSA) is 69.3 Å². The Hall–Kier alpha value is -2.67. The van der Waals surface area contributed by atoms with Gasteiger partial charge in [0.2, 0.25) is 5.91 Å². The molecule has 1 aromatic carbocycles. The van der Waals surface area contributed by atoms with Gasteiger partial charge in [0.05, 0.1) is 5.69 Å². The van der Waals surface area contributed by atoms with Crippen LogP contribution in [0.3, 0.4) is 0 Å². The Kier molecular flexibility index (Phi) is 3.97. The first kappa shape index (κ1) is 16.5. The summed E-state index contributed by atoms with van der Waals surface area (Å²) in [6.07, 6.45) is 2.04. The minimum absolute atomic E-state index is 0.0490. The minimum atomic E-state index is -0.0490. The van der Waals surface area contributed by atoms with E-state index in [-0.39, 0.29) is 17.7 Å². The molecule has 0 atom stereocenters. The number of nitrogens with zero attached hydrogens (tertiary/aromatic N) is 3. The third-order valence-electron chi connectivity index (χ3n) is 5.29. The van der Waals surface area contributed by atoms with Crippen molar-refractivity contribution in [3.05, 3.63) is 41.4 Å². The standard InChI is InChI=1S/C20H20N4O2S/c25-19(13-5-6-13)23-7-9-24(10-8-23)20(26)17-12-27-18(22-17)16-11-14-3-1-2-4-15(14)21-16/h1-4,11-13,21H,5-10H2. The highest BCUT2D eigenvalue weighted by atomic mass is 32.1. The lowest BCUT2D eigenvalue weighted by molar-refractivity contribution is -0.134. The molecule has 1 aliphatic carbocycles. The molecule has 27 heavy (non-hydrogen) atoms. The van der Waals surface area contributed by atoms with Crippen molar-refractivity contribution >= 4 is 34.1 Å². The number of rotatable bonds is 3. The van der Waals surface area contributed by atoms with Crippen molar-refractivity contribution < 1.29 is 9.59 Å². The predicted molar refractivity (Wildman–Crippen MR) is 105 cm³/mol. The van der Waals surface area contributed by atoms with Crippen molar-refractivity contribution in [2.24, 2.45) is 5.92 Å². The van der Waals surface area contributed by atoms with Crippen LogP contribution in [0.5, 0.6) is 0 Å². The zero-order valence-corrected chi connectivity index (χ0v) is 15.7. The number of H-pyrrole nitrogens is 1. The van der Waals surface area contributed by atoms with Gasteiger partial charge in [-0.2, -0.15) is 0 Å². The van der Waals surface area contributed by atoms with E-state index in [4.69, 9.17) is 0 Å². The summed E-state index contributed by atoms with van der Waals surface area (Å²) < 4.78 is 0. The summed E-state index contributed by atoms with van der Waals surface area (Å²) in [5.41, 5.74) is 2.47. The van der Waals surface area contributed by atoms with Crippen LogP contribution in [0.2, 0.25) is 0 Å². The van der Waals surface area contributed by atoms with Crippen LogP contribution in [0.15, 0.2) is 35.7 Å². The first-order valence-electron chi connectivity index (χ1n) is 9.31. The fraction of sp³-hybridized carbons (Fsp3) is 0.350. The number of amides is 2. The first-order chi connectivity index (χ1) is 13.2. The zero-order valence-electron chi connectivity index (χ0n) is 14.9. The number of aromatic nitrogens is 2. The molecule has 1 saturated heterocycles. The van der Waals surface area contributed by atoms with E-state index in [1.807, 2.05) is 28.5 Å². The van der Waals surface area contributed by atoms with Crippen LogP contribution in [-0.2, 0) is 4.79 Å². The molecular weight excluding hydrogens is 360 g/mol. The van der Waals surface area contributed by atoms with E-state index >= 15 is 0 Å². The first-order valence-corrected chi connectivity index (χ1v) is 10.2. The highest BCUT2D eigenvalue weighted by molar-refractivity contribution is 7.13. The normalized spacial score (nSPS) is 17.5. The number of nitrogens with one attached hydrogen (secondary N) is 1. The van der Waals surface area contributed by atoms with Gasteiger partial charge in [-0.25, -0.2) is 4.98 Å². The van der Waals surface area contributed by atoms with E-state index in [9.17, 15) is 9.59 Å². The minimum Gasteiger partial charge on any atom is -0.353 e. The number of para-hydroxylation sites is 1. The second-order valence-corrected chi connectivity index (χ2v) is 8.06. The van der Waals surface area contributed by atoms with E-state index in [2.05, 4.69) is 22.1 Å². The number of carbonyl (C=O) groups is 2. The molecule has 2 aromatic heterocycles. The zero-order chi connectivity index (χ0) is 18.4. The van der Waals surface area contributed by atoms with Crippen LogP contribution in [-0.4, -0.2) is 57.8 Å². The largest absolute Gasteiger partial charge is 0.353 e. The molecule has 5 rings (SSSR count). The number of benzene rings is 1. The molecule has 0 unspecified atom stereocenters. The van der Waals surface area contributed by atoms with Crippen molar-refractivity contribution in [3.8, 4) is 10.7 Å². The molecule has 7 heteroatoms. The summed E-state index contributed by atoms with van der Waals surface area (Å²) >= 11 is 1.47. The maximum absolute atomic E-state index is 12.8. The average Bonchev–Trinajstić information content (AvgIpc) is 3.27. The maximum atomic E-state index is 12.8. The predicted octanol–water partition coefficient (Wildman–Crippen LogP) is 2.99. The summed E-state index contributed by atoms with van der Waals surface area (Å²) in [6.45, 7) is 2.41. The second-order valence-electron chi connectivity index (χ2n) is 7.20. The maximum Gasteiger partial charge on any atom is 0.273 e. The molecule has 3 aromatic rings. The molecule has 2 fully saturated rings. The van der Waals surface area contributed by atoms with Gasteiger partial charge in [0, 0.05) is 48.4 Å². The lowest BCUT2D eigenvalue weighted by Crippen LogP contribution is -2.51. The van der Waals surface area contributed by atoms with Gasteiger partial charge in [-0.15, -0.1) is 11.3 Å². The number of hydrogen-bond donors (Lipinski definition) is 1. The molecule has 0 spiro atoms. The molecule has 1 saturated carbocycles. The number of carbonyl (C=O) groups excluding carboxylic acids is 2. The van der Waals surface area contributed by atoms with Gasteiger partial charge in [-0.1, -0.05) is 18.2 Å². The van der Waals surface area contributed by atoms with Gasteiger partial charge in [-0.3, -0.25) is 9.59 Å². The summed E-state index contributed by atoms with van der Waals surface area (Å²) in [7, 11) is 0. The number of piperazine rings is 1. The molecule has 1 N–H and O–H groups in total. The van der Waals surface area contributed by atoms with E-state index in [1.54, 1.807) is 4.90 Å². The molecular formula is C20H20N4O2S. The van der Waals surface area contributed by atoms with Gasteiger partial charge in [0.15, 0.2) is 0 Å². The third kappa shape index (κ3) is 3.12. The second kappa shape index (κ2) is 6.49. The Balaban J connectivity index is 1.28. The monoisotopic (exact) mass is 380 g/mol. The molecule has 1 aliphatic heterocycles. The summed E-state index contributed by atoms with van der Waals surface area (Å²) in [4.78, 5) is 36.6. The van der Waals surface area contributed by atoms with E-state index in [0.717, 1.165) is 34.4 Å². The number of fused-ring (bicyclic) bond motifs is 1. The molecule has 6 nitrogen and oxygen atoms in total. The van der Waals surface area contributed by atoms with Crippen LogP contribution in [0, 0.1) is 5.92 Å². The SMILES string of the molecule is O=C(c1csc(-c2cc3ccccc3[nH]2)n1)N1CCN(C(=O)C2CC2)CC1. The van der Waals surface area contributed by atoms with Crippen molar-refractivity contribution in [2.75, 3.05) is 26.2 Å². The van der Waals surface area contributed by atoms with E-state index in [0.29, 0.717) is 31.9 Å². The third-order valence-corrected chi connectivity index (χ3v) is 6.16. The van der Waals surface area contributed by atoms with Crippen molar-refractivity contribution in [3.63, 3.8) is 0 Å². The molecule has 2 amide bonds. The van der Waals surface area contributed by atoms with Crippen LogP contribution in [0.1, 0.15) is 23.3 Å². The summed E-state index contributed by atoms with van der Waals surface area (Å²) in [5, 5.41) is 3.77.